The molecule has 0 aliphatic rings. The van der Waals surface area contributed by atoms with Gasteiger partial charge >= 0.3 is 0 Å². The summed E-state index contributed by atoms with van der Waals surface area (Å²) in [5.74, 6) is 4.05. The molecule has 0 bridgehead atoms. The second-order valence-corrected chi connectivity index (χ2v) is 3.98. The lowest BCUT2D eigenvalue weighted by molar-refractivity contribution is 0.414. The molecule has 1 atom stereocenters. The Balaban J connectivity index is 3.14. The number of hydrogen-bond donors (Lipinski definition) is 0. The van der Waals surface area contributed by atoms with Crippen LogP contribution in [0.25, 0.3) is 0 Å². The molecule has 80 valence electrons. The molecule has 15 heavy (non-hydrogen) atoms. The third-order valence-corrected chi connectivity index (χ3v) is 2.72. The zero-order valence-electron chi connectivity index (χ0n) is 9.92. The Morgan fingerprint density at radius 1 is 1.33 bits per heavy atom. The number of hydrogen-bond acceptors (Lipinski definition) is 1. The fourth-order valence-corrected chi connectivity index (χ4v) is 2.11. The average molecular weight is 202 g/mol. The molecule has 1 rings (SSSR count). The van der Waals surface area contributed by atoms with E-state index >= 15 is 0 Å². The molecule has 1 aromatic carbocycles. The molecule has 0 amide bonds. The van der Waals surface area contributed by atoms with Crippen LogP contribution < -0.4 is 4.74 Å². The summed E-state index contributed by atoms with van der Waals surface area (Å²) < 4.78 is 5.23. The maximum atomic E-state index is 5.35. The molecule has 1 heteroatoms. The second kappa shape index (κ2) is 4.89. The molecule has 0 radical (unpaired) electrons. The van der Waals surface area contributed by atoms with Crippen LogP contribution in [-0.2, 0) is 0 Å². The summed E-state index contributed by atoms with van der Waals surface area (Å²) in [4.78, 5) is 0. The van der Waals surface area contributed by atoms with Crippen molar-refractivity contribution in [2.24, 2.45) is 0 Å². The van der Waals surface area contributed by atoms with Crippen molar-refractivity contribution in [3.05, 3.63) is 28.8 Å². The zero-order chi connectivity index (χ0) is 11.4. The number of ether oxygens (including phenoxy) is 1. The average Bonchev–Trinajstić information content (AvgIpc) is 2.16. The molecular formula is C14H18O. The Morgan fingerprint density at radius 3 is 2.27 bits per heavy atom. The summed E-state index contributed by atoms with van der Waals surface area (Å²) in [5, 5.41) is 0. The van der Waals surface area contributed by atoms with E-state index in [2.05, 4.69) is 38.8 Å². The van der Waals surface area contributed by atoms with Gasteiger partial charge in [-0.1, -0.05) is 6.92 Å². The van der Waals surface area contributed by atoms with Crippen LogP contribution in [0.4, 0.5) is 0 Å². The molecule has 0 N–H and O–H groups in total. The summed E-state index contributed by atoms with van der Waals surface area (Å²) in [6.07, 6.45) is 6.13. The van der Waals surface area contributed by atoms with E-state index in [1.165, 1.54) is 16.7 Å². The van der Waals surface area contributed by atoms with Gasteiger partial charge in [-0.3, -0.25) is 0 Å². The third kappa shape index (κ3) is 2.53. The smallest absolute Gasteiger partial charge is 0.119 e. The van der Waals surface area contributed by atoms with Crippen LogP contribution in [0.1, 0.15) is 36.0 Å². The van der Waals surface area contributed by atoms with Crippen molar-refractivity contribution in [3.63, 3.8) is 0 Å². The SMILES string of the molecule is C#CCC(C)c1c(C)cc(OC)cc1C. The van der Waals surface area contributed by atoms with Crippen molar-refractivity contribution in [3.8, 4) is 18.1 Å². The largest absolute Gasteiger partial charge is 0.497 e. The number of rotatable bonds is 3. The summed E-state index contributed by atoms with van der Waals surface area (Å²) in [6.45, 7) is 6.39. The zero-order valence-corrected chi connectivity index (χ0v) is 9.92. The van der Waals surface area contributed by atoms with Gasteiger partial charge in [0.25, 0.3) is 0 Å². The molecule has 0 aliphatic carbocycles. The Morgan fingerprint density at radius 2 is 1.87 bits per heavy atom. The van der Waals surface area contributed by atoms with Crippen molar-refractivity contribution in [1.29, 1.82) is 0 Å². The van der Waals surface area contributed by atoms with E-state index in [0.717, 1.165) is 12.2 Å². The van der Waals surface area contributed by atoms with Crippen LogP contribution in [0.5, 0.6) is 5.75 Å². The lowest BCUT2D eigenvalue weighted by Gasteiger charge is -2.16. The highest BCUT2D eigenvalue weighted by Crippen LogP contribution is 2.29. The van der Waals surface area contributed by atoms with E-state index < -0.39 is 0 Å². The lowest BCUT2D eigenvalue weighted by Crippen LogP contribution is -2.00. The van der Waals surface area contributed by atoms with E-state index in [4.69, 9.17) is 11.2 Å². The Bertz CT molecular complexity index is 362. The van der Waals surface area contributed by atoms with Gasteiger partial charge in [0.1, 0.15) is 5.75 Å². The first-order chi connectivity index (χ1) is 7.10. The van der Waals surface area contributed by atoms with E-state index in [1.54, 1.807) is 7.11 Å². The molecule has 0 saturated heterocycles. The fraction of sp³-hybridized carbons (Fsp3) is 0.429. The highest BCUT2D eigenvalue weighted by atomic mass is 16.5. The topological polar surface area (TPSA) is 9.23 Å². The van der Waals surface area contributed by atoms with Crippen molar-refractivity contribution in [1.82, 2.24) is 0 Å². The van der Waals surface area contributed by atoms with Crippen molar-refractivity contribution < 1.29 is 4.74 Å². The maximum absolute atomic E-state index is 5.35. The van der Waals surface area contributed by atoms with Crippen LogP contribution in [0.15, 0.2) is 12.1 Å². The molecule has 0 aliphatic heterocycles. The van der Waals surface area contributed by atoms with Crippen LogP contribution in [0, 0.1) is 26.2 Å². The molecule has 0 saturated carbocycles. The molecule has 0 spiro atoms. The summed E-state index contributed by atoms with van der Waals surface area (Å²) in [5.41, 5.74) is 3.87. The Labute approximate surface area is 92.5 Å². The molecule has 1 nitrogen and oxygen atoms in total. The van der Waals surface area contributed by atoms with Crippen molar-refractivity contribution in [2.45, 2.75) is 33.1 Å². The molecule has 1 aromatic rings. The van der Waals surface area contributed by atoms with Crippen LogP contribution >= 0.6 is 0 Å². The van der Waals surface area contributed by atoms with Crippen molar-refractivity contribution in [2.75, 3.05) is 7.11 Å². The molecule has 1 unspecified atom stereocenters. The van der Waals surface area contributed by atoms with Gasteiger partial charge in [0, 0.05) is 6.42 Å². The number of methoxy groups -OCH3 is 1. The second-order valence-electron chi connectivity index (χ2n) is 3.98. The minimum absolute atomic E-state index is 0.418. The van der Waals surface area contributed by atoms with Crippen LogP contribution in [0.3, 0.4) is 0 Å². The standard InChI is InChI=1S/C14H18O/c1-6-7-10(2)14-11(3)8-13(15-5)9-12(14)4/h1,8-10H,7H2,2-5H3. The Hall–Kier alpha value is -1.42. The molecule has 0 fully saturated rings. The normalized spacial score (nSPS) is 11.9. The van der Waals surface area contributed by atoms with Crippen LogP contribution in [-0.4, -0.2) is 7.11 Å². The number of aryl methyl sites for hydroxylation is 2. The van der Waals surface area contributed by atoms with Gasteiger partial charge < -0.3 is 4.74 Å². The quantitative estimate of drug-likeness (QED) is 0.682. The van der Waals surface area contributed by atoms with Gasteiger partial charge in [0.2, 0.25) is 0 Å². The van der Waals surface area contributed by atoms with E-state index in [-0.39, 0.29) is 0 Å². The number of terminal acetylenes is 1. The molecule has 0 heterocycles. The molecule has 0 aromatic heterocycles. The lowest BCUT2D eigenvalue weighted by atomic mass is 9.90. The highest BCUT2D eigenvalue weighted by Gasteiger charge is 2.11. The summed E-state index contributed by atoms with van der Waals surface area (Å²) >= 11 is 0. The number of benzene rings is 1. The van der Waals surface area contributed by atoms with Crippen molar-refractivity contribution >= 4 is 0 Å². The maximum Gasteiger partial charge on any atom is 0.119 e. The van der Waals surface area contributed by atoms with Gasteiger partial charge in [-0.2, -0.15) is 0 Å². The van der Waals surface area contributed by atoms with Gasteiger partial charge in [0.15, 0.2) is 0 Å². The minimum atomic E-state index is 0.418. The highest BCUT2D eigenvalue weighted by molar-refractivity contribution is 5.43. The van der Waals surface area contributed by atoms with Gasteiger partial charge in [-0.15, -0.1) is 12.3 Å². The van der Waals surface area contributed by atoms with Gasteiger partial charge in [-0.25, -0.2) is 0 Å². The van der Waals surface area contributed by atoms with Gasteiger partial charge in [0.05, 0.1) is 7.11 Å². The predicted octanol–water partition coefficient (Wildman–Crippen LogP) is 3.44. The predicted molar refractivity (Wildman–Crippen MR) is 64.3 cm³/mol. The van der Waals surface area contributed by atoms with E-state index in [0.29, 0.717) is 5.92 Å². The van der Waals surface area contributed by atoms with E-state index in [1.807, 2.05) is 0 Å². The first-order valence-electron chi connectivity index (χ1n) is 5.18. The fourth-order valence-electron chi connectivity index (χ4n) is 2.11. The first-order valence-corrected chi connectivity index (χ1v) is 5.18. The van der Waals surface area contributed by atoms with Crippen LogP contribution in [0.2, 0.25) is 0 Å². The molecular weight excluding hydrogens is 184 g/mol. The van der Waals surface area contributed by atoms with E-state index in [9.17, 15) is 0 Å². The monoisotopic (exact) mass is 202 g/mol. The third-order valence-electron chi connectivity index (χ3n) is 2.72. The summed E-state index contributed by atoms with van der Waals surface area (Å²) in [7, 11) is 1.69. The first kappa shape index (κ1) is 11.7. The minimum Gasteiger partial charge on any atom is -0.497 e. The Kier molecular flexibility index (Phi) is 3.80. The van der Waals surface area contributed by atoms with Gasteiger partial charge in [-0.05, 0) is 48.6 Å². The summed E-state index contributed by atoms with van der Waals surface area (Å²) in [6, 6.07) is 4.13.